The van der Waals surface area contributed by atoms with Gasteiger partial charge in [0, 0.05) is 25.5 Å². The highest BCUT2D eigenvalue weighted by atomic mass is 19.4. The van der Waals surface area contributed by atoms with Gasteiger partial charge in [-0.05, 0) is 0 Å². The first-order chi connectivity index (χ1) is 4.97. The van der Waals surface area contributed by atoms with Crippen LogP contribution in [0.5, 0.6) is 5.75 Å². The van der Waals surface area contributed by atoms with Crippen molar-refractivity contribution in [1.29, 1.82) is 0 Å². The molecule has 0 aliphatic heterocycles. The lowest BCUT2D eigenvalue weighted by Gasteiger charge is -2.04. The Morgan fingerprint density at radius 2 is 2.18 bits per heavy atom. The van der Waals surface area contributed by atoms with Crippen molar-refractivity contribution < 1.29 is 17.9 Å². The van der Waals surface area contributed by atoms with E-state index < -0.39 is 6.36 Å². The number of hydrogen-bond acceptors (Lipinski definition) is 1. The molecule has 0 aromatic carbocycles. The fourth-order valence-corrected chi connectivity index (χ4v) is 0.605. The molecule has 0 unspecified atom stereocenters. The van der Waals surface area contributed by atoms with Crippen molar-refractivity contribution in [3.8, 4) is 5.75 Å². The van der Waals surface area contributed by atoms with Gasteiger partial charge in [-0.2, -0.15) is 0 Å². The Bertz CT molecular complexity index is 240. The second-order valence-electron chi connectivity index (χ2n) is 1.98. The molecule has 1 radical (unpaired) electrons. The zero-order valence-electron chi connectivity index (χ0n) is 5.64. The smallest absolute Gasteiger partial charge is 0.403 e. The van der Waals surface area contributed by atoms with Gasteiger partial charge in [-0.25, -0.2) is 0 Å². The second-order valence-corrected chi connectivity index (χ2v) is 1.98. The SMILES string of the molecule is Cn1c[c]c(OC(F)(F)F)c1. The maximum atomic E-state index is 11.5. The highest BCUT2D eigenvalue weighted by Crippen LogP contribution is 2.21. The number of rotatable bonds is 1. The molecule has 1 aromatic heterocycles. The first-order valence-corrected chi connectivity index (χ1v) is 2.77. The van der Waals surface area contributed by atoms with Crippen molar-refractivity contribution in [1.82, 2.24) is 4.57 Å². The number of aryl methyl sites for hydroxylation is 1. The van der Waals surface area contributed by atoms with Gasteiger partial charge in [-0.15, -0.1) is 13.2 Å². The van der Waals surface area contributed by atoms with Gasteiger partial charge in [0.15, 0.2) is 5.75 Å². The zero-order valence-corrected chi connectivity index (χ0v) is 5.64. The van der Waals surface area contributed by atoms with Gasteiger partial charge in [0.05, 0.1) is 0 Å². The highest BCUT2D eigenvalue weighted by molar-refractivity contribution is 5.15. The summed E-state index contributed by atoms with van der Waals surface area (Å²) in [4.78, 5) is 0. The molecular weight excluding hydrogens is 159 g/mol. The first-order valence-electron chi connectivity index (χ1n) is 2.77. The summed E-state index contributed by atoms with van der Waals surface area (Å²) < 4.78 is 39.5. The number of aromatic nitrogens is 1. The lowest BCUT2D eigenvalue weighted by molar-refractivity contribution is -0.274. The molecule has 0 fully saturated rings. The molecule has 61 valence electrons. The topological polar surface area (TPSA) is 14.2 Å². The van der Waals surface area contributed by atoms with Crippen LogP contribution in [-0.2, 0) is 7.05 Å². The number of alkyl halides is 3. The van der Waals surface area contributed by atoms with Gasteiger partial charge < -0.3 is 9.30 Å². The Morgan fingerprint density at radius 1 is 1.55 bits per heavy atom. The molecule has 1 rings (SSSR count). The Morgan fingerprint density at radius 3 is 2.55 bits per heavy atom. The summed E-state index contributed by atoms with van der Waals surface area (Å²) in [7, 11) is 1.58. The van der Waals surface area contributed by atoms with Gasteiger partial charge in [-0.1, -0.05) is 0 Å². The van der Waals surface area contributed by atoms with Crippen molar-refractivity contribution >= 4 is 0 Å². The molecule has 0 spiro atoms. The van der Waals surface area contributed by atoms with Crippen LogP contribution in [-0.4, -0.2) is 10.9 Å². The van der Waals surface area contributed by atoms with E-state index in [4.69, 9.17) is 0 Å². The zero-order chi connectivity index (χ0) is 8.48. The molecule has 11 heavy (non-hydrogen) atoms. The molecule has 0 aliphatic rings. The van der Waals surface area contributed by atoms with Crippen LogP contribution >= 0.6 is 0 Å². The minimum atomic E-state index is -4.63. The van der Waals surface area contributed by atoms with E-state index in [2.05, 4.69) is 10.8 Å². The molecule has 2 nitrogen and oxygen atoms in total. The summed E-state index contributed by atoms with van der Waals surface area (Å²) in [6, 6.07) is 2.28. The average Bonchev–Trinajstić information content (AvgIpc) is 2.10. The quantitative estimate of drug-likeness (QED) is 0.616. The van der Waals surface area contributed by atoms with Gasteiger partial charge in [0.2, 0.25) is 0 Å². The molecule has 1 heterocycles. The summed E-state index contributed by atoms with van der Waals surface area (Å²) in [6.07, 6.45) is -2.09. The van der Waals surface area contributed by atoms with Crippen molar-refractivity contribution in [3.63, 3.8) is 0 Å². The van der Waals surface area contributed by atoms with Crippen LogP contribution in [0.2, 0.25) is 0 Å². The predicted octanol–water partition coefficient (Wildman–Crippen LogP) is 1.72. The Kier molecular flexibility index (Phi) is 1.80. The average molecular weight is 164 g/mol. The van der Waals surface area contributed by atoms with Crippen LogP contribution in [0, 0.1) is 6.07 Å². The molecule has 0 bridgehead atoms. The molecule has 0 N–H and O–H groups in total. The van der Waals surface area contributed by atoms with E-state index >= 15 is 0 Å². The van der Waals surface area contributed by atoms with Crippen LogP contribution in [0.3, 0.4) is 0 Å². The largest absolute Gasteiger partial charge is 0.573 e. The summed E-state index contributed by atoms with van der Waals surface area (Å²) in [6.45, 7) is 0. The van der Waals surface area contributed by atoms with Crippen molar-refractivity contribution in [3.05, 3.63) is 18.5 Å². The Labute approximate surface area is 61.2 Å². The van der Waals surface area contributed by atoms with E-state index in [0.29, 0.717) is 0 Å². The highest BCUT2D eigenvalue weighted by Gasteiger charge is 2.31. The van der Waals surface area contributed by atoms with E-state index in [-0.39, 0.29) is 5.75 Å². The second kappa shape index (κ2) is 2.48. The third kappa shape index (κ3) is 2.53. The third-order valence-corrected chi connectivity index (χ3v) is 0.957. The fourth-order valence-electron chi connectivity index (χ4n) is 0.605. The van der Waals surface area contributed by atoms with Crippen LogP contribution in [0.25, 0.3) is 0 Å². The lowest BCUT2D eigenvalue weighted by atomic mass is 10.6. The third-order valence-electron chi connectivity index (χ3n) is 0.957. The lowest BCUT2D eigenvalue weighted by Crippen LogP contribution is -2.16. The minimum absolute atomic E-state index is 0.319. The maximum absolute atomic E-state index is 11.5. The summed E-state index contributed by atoms with van der Waals surface area (Å²) in [5.74, 6) is -0.319. The van der Waals surface area contributed by atoms with Crippen LogP contribution in [0.15, 0.2) is 12.4 Å². The number of ether oxygens (including phenoxy) is 1. The van der Waals surface area contributed by atoms with Gasteiger partial charge in [0.1, 0.15) is 0 Å². The summed E-state index contributed by atoms with van der Waals surface area (Å²) >= 11 is 0. The van der Waals surface area contributed by atoms with Crippen molar-refractivity contribution in [2.24, 2.45) is 7.05 Å². The molecular formula is C6H5F3NO. The predicted molar refractivity (Wildman–Crippen MR) is 30.9 cm³/mol. The monoisotopic (exact) mass is 164 g/mol. The van der Waals surface area contributed by atoms with Gasteiger partial charge in [0.25, 0.3) is 0 Å². The number of nitrogens with zero attached hydrogens (tertiary/aromatic N) is 1. The van der Waals surface area contributed by atoms with Crippen LogP contribution < -0.4 is 4.74 Å². The summed E-state index contributed by atoms with van der Waals surface area (Å²) in [5.41, 5.74) is 0. The number of halogens is 3. The first kappa shape index (κ1) is 7.97. The fraction of sp³-hybridized carbons (Fsp3) is 0.333. The molecule has 1 aromatic rings. The van der Waals surface area contributed by atoms with E-state index in [0.717, 1.165) is 0 Å². The minimum Gasteiger partial charge on any atom is -0.403 e. The van der Waals surface area contributed by atoms with Crippen molar-refractivity contribution in [2.45, 2.75) is 6.36 Å². The maximum Gasteiger partial charge on any atom is 0.573 e. The van der Waals surface area contributed by atoms with Gasteiger partial charge >= 0.3 is 6.36 Å². The van der Waals surface area contributed by atoms with E-state index in [1.165, 1.54) is 17.0 Å². The molecule has 0 saturated carbocycles. The molecule has 0 saturated heterocycles. The summed E-state index contributed by atoms with van der Waals surface area (Å²) in [5, 5.41) is 0. The molecule has 0 amide bonds. The normalized spacial score (nSPS) is 11.6. The van der Waals surface area contributed by atoms with Crippen LogP contribution in [0.4, 0.5) is 13.2 Å². The van der Waals surface area contributed by atoms with E-state index in [9.17, 15) is 13.2 Å². The standard InChI is InChI=1S/C6H5F3NO/c1-10-3-2-5(4-10)11-6(7,8)9/h3-4H,1H3. The molecule has 0 aliphatic carbocycles. The van der Waals surface area contributed by atoms with E-state index in [1.54, 1.807) is 7.05 Å². The number of hydrogen-bond donors (Lipinski definition) is 0. The van der Waals surface area contributed by atoms with Crippen molar-refractivity contribution in [2.75, 3.05) is 0 Å². The molecule has 0 atom stereocenters. The van der Waals surface area contributed by atoms with Crippen LogP contribution in [0.1, 0.15) is 0 Å². The van der Waals surface area contributed by atoms with Gasteiger partial charge in [-0.3, -0.25) is 0 Å². The Hall–Kier alpha value is -1.13. The van der Waals surface area contributed by atoms with E-state index in [1.807, 2.05) is 0 Å². The Balaban J connectivity index is 2.65. The molecule has 5 heteroatoms.